The van der Waals surface area contributed by atoms with Gasteiger partial charge in [0.05, 0.1) is 35.7 Å². The average Bonchev–Trinajstić information content (AvgIpc) is 3.26. The molecule has 0 radical (unpaired) electrons. The molecule has 194 valence electrons. The lowest BCUT2D eigenvalue weighted by molar-refractivity contribution is 0.249. The molecule has 4 rings (SSSR count). The minimum atomic E-state index is -2.05. The number of carbonyl (C=O) groups excluding carboxylic acids is 1. The van der Waals surface area contributed by atoms with Gasteiger partial charge in [0.25, 0.3) is 0 Å². The molecule has 0 fully saturated rings. The molecule has 0 saturated heterocycles. The summed E-state index contributed by atoms with van der Waals surface area (Å²) in [6.45, 7) is 15.3. The minimum Gasteiger partial charge on any atom is -0.411 e. The summed E-state index contributed by atoms with van der Waals surface area (Å²) in [5.41, 5.74) is 4.40. The van der Waals surface area contributed by atoms with E-state index in [2.05, 4.69) is 54.6 Å². The number of urea groups is 1. The molecule has 4 aromatic rings. The number of nitrogens with zero attached hydrogens (tertiary/aromatic N) is 4. The molecule has 0 aliphatic carbocycles. The Morgan fingerprint density at radius 1 is 1.14 bits per heavy atom. The quantitative estimate of drug-likeness (QED) is 0.272. The number of amides is 2. The highest BCUT2D eigenvalue weighted by Gasteiger charge is 2.37. The van der Waals surface area contributed by atoms with Crippen LogP contribution in [0.5, 0.6) is 0 Å². The SMILES string of the molecule is Cc1cc(-n2ncc3cc(NC(=O)N[C@H](C)c4ccccc4)nc(CO[Si](C)(C)C(C)(C)C)c32)ccn1. The summed E-state index contributed by atoms with van der Waals surface area (Å²) in [7, 11) is -2.05. The zero-order valence-corrected chi connectivity index (χ0v) is 23.7. The summed E-state index contributed by atoms with van der Waals surface area (Å²) in [5, 5.41) is 11.5. The molecule has 9 heteroatoms. The van der Waals surface area contributed by atoms with Crippen molar-refractivity contribution >= 4 is 31.1 Å². The van der Waals surface area contributed by atoms with E-state index in [0.29, 0.717) is 12.4 Å². The van der Waals surface area contributed by atoms with Crippen LogP contribution in [0.15, 0.2) is 60.9 Å². The maximum Gasteiger partial charge on any atom is 0.320 e. The molecule has 2 amide bonds. The fourth-order valence-electron chi connectivity index (χ4n) is 3.80. The lowest BCUT2D eigenvalue weighted by Gasteiger charge is -2.36. The van der Waals surface area contributed by atoms with Crippen LogP contribution >= 0.6 is 0 Å². The maximum atomic E-state index is 12.8. The minimum absolute atomic E-state index is 0.0535. The van der Waals surface area contributed by atoms with Gasteiger partial charge in [-0.25, -0.2) is 14.5 Å². The Morgan fingerprint density at radius 3 is 2.54 bits per heavy atom. The van der Waals surface area contributed by atoms with E-state index in [1.807, 2.05) is 67.1 Å². The number of aromatic nitrogens is 4. The van der Waals surface area contributed by atoms with Crippen LogP contribution in [-0.4, -0.2) is 34.1 Å². The third-order valence-electron chi connectivity index (χ3n) is 7.01. The zero-order valence-electron chi connectivity index (χ0n) is 22.7. The van der Waals surface area contributed by atoms with Crippen molar-refractivity contribution in [2.75, 3.05) is 5.32 Å². The Labute approximate surface area is 219 Å². The second-order valence-electron chi connectivity index (χ2n) is 10.9. The number of benzene rings is 1. The fourth-order valence-corrected chi connectivity index (χ4v) is 4.73. The van der Waals surface area contributed by atoms with Crippen molar-refractivity contribution in [2.45, 2.75) is 65.4 Å². The fraction of sp³-hybridized carbons (Fsp3) is 0.357. The van der Waals surface area contributed by atoms with E-state index < -0.39 is 8.32 Å². The van der Waals surface area contributed by atoms with Crippen LogP contribution in [0.4, 0.5) is 10.6 Å². The molecule has 0 unspecified atom stereocenters. The van der Waals surface area contributed by atoms with E-state index >= 15 is 0 Å². The molecule has 1 atom stereocenters. The first-order valence-corrected chi connectivity index (χ1v) is 15.4. The highest BCUT2D eigenvalue weighted by Crippen LogP contribution is 2.37. The third kappa shape index (κ3) is 6.06. The number of rotatable bonds is 7. The van der Waals surface area contributed by atoms with Gasteiger partial charge in [0.2, 0.25) is 0 Å². The summed E-state index contributed by atoms with van der Waals surface area (Å²) < 4.78 is 8.41. The summed E-state index contributed by atoms with van der Waals surface area (Å²) in [5.74, 6) is 0.449. The standard InChI is InChI=1S/C28H36N6O2Si/c1-19-15-23(13-14-29-19)34-26-22(17-30-34)16-25(32-24(26)18-36-37(6,7)28(3,4)5)33-27(35)31-20(2)21-11-9-8-10-12-21/h8-17,20H,18H2,1-7H3,(H2,31,32,33,35)/t20-/m1/s1. The van der Waals surface area contributed by atoms with E-state index in [-0.39, 0.29) is 17.1 Å². The van der Waals surface area contributed by atoms with Gasteiger partial charge in [0, 0.05) is 17.3 Å². The summed E-state index contributed by atoms with van der Waals surface area (Å²) in [4.78, 5) is 22.0. The van der Waals surface area contributed by atoms with Crippen LogP contribution in [0.1, 0.15) is 50.7 Å². The number of hydrogen-bond donors (Lipinski definition) is 2. The van der Waals surface area contributed by atoms with E-state index in [0.717, 1.165) is 33.5 Å². The van der Waals surface area contributed by atoms with Crippen molar-refractivity contribution in [1.29, 1.82) is 0 Å². The second kappa shape index (κ2) is 10.4. The molecule has 0 spiro atoms. The van der Waals surface area contributed by atoms with E-state index in [4.69, 9.17) is 9.41 Å². The zero-order chi connectivity index (χ0) is 26.8. The van der Waals surface area contributed by atoms with Gasteiger partial charge in [-0.3, -0.25) is 10.3 Å². The van der Waals surface area contributed by atoms with Gasteiger partial charge >= 0.3 is 6.03 Å². The lowest BCUT2D eigenvalue weighted by Crippen LogP contribution is -2.40. The number of hydrogen-bond acceptors (Lipinski definition) is 5. The van der Waals surface area contributed by atoms with E-state index in [9.17, 15) is 4.79 Å². The molecule has 8 nitrogen and oxygen atoms in total. The van der Waals surface area contributed by atoms with Crippen LogP contribution in [0.25, 0.3) is 16.6 Å². The van der Waals surface area contributed by atoms with Gasteiger partial charge in [-0.2, -0.15) is 5.10 Å². The monoisotopic (exact) mass is 516 g/mol. The first-order valence-electron chi connectivity index (χ1n) is 12.5. The van der Waals surface area contributed by atoms with Crippen LogP contribution in [0.2, 0.25) is 18.1 Å². The normalized spacial score (nSPS) is 12.9. The van der Waals surface area contributed by atoms with E-state index in [1.54, 1.807) is 12.4 Å². The van der Waals surface area contributed by atoms with Crippen molar-refractivity contribution in [1.82, 2.24) is 25.1 Å². The number of carbonyl (C=O) groups is 1. The van der Waals surface area contributed by atoms with E-state index in [1.165, 1.54) is 0 Å². The topological polar surface area (TPSA) is 94.0 Å². The van der Waals surface area contributed by atoms with Gasteiger partial charge in [0.1, 0.15) is 5.82 Å². The predicted octanol–water partition coefficient (Wildman–Crippen LogP) is 6.53. The maximum absolute atomic E-state index is 12.8. The van der Waals surface area contributed by atoms with Crippen molar-refractivity contribution in [3.8, 4) is 5.69 Å². The summed E-state index contributed by atoms with van der Waals surface area (Å²) in [6, 6.07) is 15.1. The Kier molecular flexibility index (Phi) is 7.47. The molecular formula is C28H36N6O2Si. The Morgan fingerprint density at radius 2 is 1.86 bits per heavy atom. The Hall–Kier alpha value is -3.56. The third-order valence-corrected chi connectivity index (χ3v) is 11.5. The number of anilines is 1. The molecule has 0 bridgehead atoms. The highest BCUT2D eigenvalue weighted by molar-refractivity contribution is 6.74. The van der Waals surface area contributed by atoms with Crippen LogP contribution < -0.4 is 10.6 Å². The summed E-state index contributed by atoms with van der Waals surface area (Å²) in [6.07, 6.45) is 3.56. The van der Waals surface area contributed by atoms with Crippen LogP contribution in [-0.2, 0) is 11.0 Å². The average molecular weight is 517 g/mol. The van der Waals surface area contributed by atoms with Gasteiger partial charge in [0.15, 0.2) is 8.32 Å². The van der Waals surface area contributed by atoms with Crippen molar-refractivity contribution in [3.63, 3.8) is 0 Å². The molecule has 0 aliphatic heterocycles. The Bertz CT molecular complexity index is 1400. The summed E-state index contributed by atoms with van der Waals surface area (Å²) >= 11 is 0. The van der Waals surface area contributed by atoms with Crippen molar-refractivity contribution < 1.29 is 9.22 Å². The van der Waals surface area contributed by atoms with Gasteiger partial charge in [-0.1, -0.05) is 51.1 Å². The molecule has 0 aliphatic rings. The largest absolute Gasteiger partial charge is 0.411 e. The molecule has 37 heavy (non-hydrogen) atoms. The number of nitrogens with one attached hydrogen (secondary N) is 2. The first kappa shape index (κ1) is 26.5. The second-order valence-corrected chi connectivity index (χ2v) is 15.7. The molecule has 0 saturated carbocycles. The number of pyridine rings is 2. The first-order chi connectivity index (χ1) is 17.4. The molecule has 2 N–H and O–H groups in total. The van der Waals surface area contributed by atoms with Gasteiger partial charge in [-0.05, 0) is 55.7 Å². The molecule has 3 heterocycles. The molecule has 3 aromatic heterocycles. The van der Waals surface area contributed by atoms with Crippen molar-refractivity contribution in [3.05, 3.63) is 77.9 Å². The van der Waals surface area contributed by atoms with Crippen molar-refractivity contribution in [2.24, 2.45) is 0 Å². The smallest absolute Gasteiger partial charge is 0.320 e. The van der Waals surface area contributed by atoms with Crippen LogP contribution in [0.3, 0.4) is 0 Å². The molecule has 1 aromatic carbocycles. The predicted molar refractivity (Wildman–Crippen MR) is 150 cm³/mol. The van der Waals surface area contributed by atoms with Gasteiger partial charge in [-0.15, -0.1) is 0 Å². The lowest BCUT2D eigenvalue weighted by atomic mass is 10.1. The molecular weight excluding hydrogens is 480 g/mol. The van der Waals surface area contributed by atoms with Gasteiger partial charge < -0.3 is 9.74 Å². The highest BCUT2D eigenvalue weighted by atomic mass is 28.4. The number of aryl methyl sites for hydroxylation is 1. The van der Waals surface area contributed by atoms with Crippen LogP contribution in [0, 0.1) is 6.92 Å². The Balaban J connectivity index is 1.67. The number of fused-ring (bicyclic) bond motifs is 1.